The Morgan fingerprint density at radius 3 is 2.55 bits per heavy atom. The number of alkyl carbamates (subject to hydrolysis) is 1. The van der Waals surface area contributed by atoms with Gasteiger partial charge in [-0.3, -0.25) is 19.1 Å². The summed E-state index contributed by atoms with van der Waals surface area (Å²) in [4.78, 5) is 67.3. The summed E-state index contributed by atoms with van der Waals surface area (Å²) in [6.45, 7) is 4.05. The van der Waals surface area contributed by atoms with Crippen molar-refractivity contribution in [1.82, 2.24) is 30.2 Å². The average molecular weight is 864 g/mol. The van der Waals surface area contributed by atoms with Crippen LogP contribution in [-0.2, 0) is 29.1 Å². The number of thiazole rings is 1. The van der Waals surface area contributed by atoms with Crippen LogP contribution in [0, 0.1) is 5.92 Å². The fourth-order valence-electron chi connectivity index (χ4n) is 8.08. The van der Waals surface area contributed by atoms with E-state index in [1.54, 1.807) is 25.3 Å². The molecule has 0 radical (unpaired) electrons. The Kier molecular flexibility index (Phi) is 12.0. The first-order valence-electron chi connectivity index (χ1n) is 21.0. The number of ether oxygens (including phenoxy) is 3. The number of fused-ring (bicyclic) bond motifs is 3. The number of anilines is 1. The summed E-state index contributed by atoms with van der Waals surface area (Å²) in [6.07, 6.45) is 9.16. The van der Waals surface area contributed by atoms with Crippen molar-refractivity contribution in [2.45, 2.75) is 132 Å². The molecule has 5 aliphatic rings. The van der Waals surface area contributed by atoms with Gasteiger partial charge < -0.3 is 35.1 Å². The quantitative estimate of drug-likeness (QED) is 0.184. The standard InChI is InChI=1S/C42H53N7O9S2/c1-24(2)43-40-45-34(23-59-40)33-20-36(30-17-14-27(56-3)18-32(30)44-33)57-28-19-35-37(50)47-42(39(52)48-60(54,55)29-15-16-29)21-25(42)10-7-5-4-6-8-13-31(38(51)49(35)22-28)46-41(53)58-26-11-9-12-26/h7,10,14,17-18,20,23-26,28-29,31,35H,4-6,8-9,11-13,15-16,19,21-22H2,1-3H3,(H,43,45)(H,46,53)(H,47,50)(H,48,52)/b10-7-/t25?,28-,31-,35+,42-/m1/s1. The molecule has 18 heteroatoms. The van der Waals surface area contributed by atoms with Crippen LogP contribution in [0.15, 0.2) is 41.8 Å². The van der Waals surface area contributed by atoms with Gasteiger partial charge in [0, 0.05) is 41.3 Å². The van der Waals surface area contributed by atoms with Crippen LogP contribution < -0.4 is 30.1 Å². The highest BCUT2D eigenvalue weighted by atomic mass is 32.2. The molecular formula is C42H53N7O9S2. The predicted octanol–water partition coefficient (Wildman–Crippen LogP) is 5.19. The number of hydrogen-bond donors (Lipinski definition) is 4. The molecule has 3 aromatic rings. The van der Waals surface area contributed by atoms with Crippen LogP contribution in [0.5, 0.6) is 11.5 Å². The number of amides is 4. The number of methoxy groups -OCH3 is 1. The Hall–Kier alpha value is -4.97. The molecule has 322 valence electrons. The zero-order valence-corrected chi connectivity index (χ0v) is 35.7. The summed E-state index contributed by atoms with van der Waals surface area (Å²) in [6, 6.07) is 5.30. The highest BCUT2D eigenvalue weighted by Gasteiger charge is 2.62. The molecule has 5 atom stereocenters. The monoisotopic (exact) mass is 863 g/mol. The van der Waals surface area contributed by atoms with Gasteiger partial charge in [0.1, 0.15) is 47.0 Å². The van der Waals surface area contributed by atoms with E-state index in [9.17, 15) is 27.6 Å². The summed E-state index contributed by atoms with van der Waals surface area (Å²) in [5.41, 5.74) is 0.261. The van der Waals surface area contributed by atoms with Crippen LogP contribution in [-0.4, -0.2) is 102 Å². The second-order valence-electron chi connectivity index (χ2n) is 16.9. The number of carbonyl (C=O) groups excluding carboxylic acids is 4. The zero-order valence-electron chi connectivity index (χ0n) is 34.1. The maximum absolute atomic E-state index is 14.7. The second-order valence-corrected chi connectivity index (χ2v) is 19.7. The molecule has 4 N–H and O–H groups in total. The van der Waals surface area contributed by atoms with Gasteiger partial charge in [-0.1, -0.05) is 25.0 Å². The molecule has 0 spiro atoms. The van der Waals surface area contributed by atoms with Crippen molar-refractivity contribution in [2.75, 3.05) is 19.0 Å². The van der Waals surface area contributed by atoms with E-state index in [0.29, 0.717) is 65.9 Å². The van der Waals surface area contributed by atoms with E-state index in [4.69, 9.17) is 24.2 Å². The Labute approximate surface area is 353 Å². The minimum absolute atomic E-state index is 0.0141. The molecule has 8 rings (SSSR count). The first-order chi connectivity index (χ1) is 28.8. The maximum atomic E-state index is 14.7. The predicted molar refractivity (Wildman–Crippen MR) is 225 cm³/mol. The molecule has 0 bridgehead atoms. The molecule has 3 aliphatic carbocycles. The van der Waals surface area contributed by atoms with Crippen molar-refractivity contribution in [3.05, 3.63) is 41.8 Å². The molecule has 3 saturated carbocycles. The summed E-state index contributed by atoms with van der Waals surface area (Å²) in [7, 11) is -2.34. The van der Waals surface area contributed by atoms with Gasteiger partial charge in [-0.2, -0.15) is 0 Å². The van der Waals surface area contributed by atoms with Crippen LogP contribution in [0.1, 0.15) is 90.9 Å². The number of aromatic nitrogens is 2. The maximum Gasteiger partial charge on any atom is 0.408 e. The molecule has 1 aromatic carbocycles. The third-order valence-corrected chi connectivity index (χ3v) is 14.5. The van der Waals surface area contributed by atoms with Gasteiger partial charge in [-0.05, 0) is 83.8 Å². The van der Waals surface area contributed by atoms with E-state index < -0.39 is 68.7 Å². The molecule has 1 unspecified atom stereocenters. The van der Waals surface area contributed by atoms with Crippen molar-refractivity contribution in [2.24, 2.45) is 5.92 Å². The van der Waals surface area contributed by atoms with Gasteiger partial charge >= 0.3 is 6.09 Å². The molecule has 4 heterocycles. The summed E-state index contributed by atoms with van der Waals surface area (Å²) < 4.78 is 46.0. The zero-order chi connectivity index (χ0) is 42.2. The lowest BCUT2D eigenvalue weighted by Gasteiger charge is -2.31. The van der Waals surface area contributed by atoms with Crippen molar-refractivity contribution in [3.8, 4) is 22.9 Å². The first kappa shape index (κ1) is 41.8. The minimum atomic E-state index is -3.91. The number of pyridine rings is 1. The van der Waals surface area contributed by atoms with E-state index in [1.807, 2.05) is 37.4 Å². The Morgan fingerprint density at radius 1 is 1.00 bits per heavy atom. The van der Waals surface area contributed by atoms with E-state index in [1.165, 1.54) is 16.2 Å². The van der Waals surface area contributed by atoms with Gasteiger partial charge in [0.05, 0.1) is 30.1 Å². The number of allylic oxidation sites excluding steroid dienone is 1. The third kappa shape index (κ3) is 9.18. The molecule has 1 saturated heterocycles. The van der Waals surface area contributed by atoms with Gasteiger partial charge in [-0.15, -0.1) is 11.3 Å². The normalized spacial score (nSPS) is 26.7. The molecule has 60 heavy (non-hydrogen) atoms. The largest absolute Gasteiger partial charge is 0.497 e. The lowest BCUT2D eigenvalue weighted by atomic mass is 9.96. The molecule has 2 aliphatic heterocycles. The lowest BCUT2D eigenvalue weighted by Crippen LogP contribution is -2.58. The number of rotatable bonds is 11. The van der Waals surface area contributed by atoms with Gasteiger partial charge in [0.15, 0.2) is 5.13 Å². The molecular weight excluding hydrogens is 811 g/mol. The van der Waals surface area contributed by atoms with Gasteiger partial charge in [0.25, 0.3) is 5.91 Å². The van der Waals surface area contributed by atoms with Crippen LogP contribution in [0.4, 0.5) is 9.93 Å². The van der Waals surface area contributed by atoms with E-state index in [-0.39, 0.29) is 31.5 Å². The Bertz CT molecular complexity index is 2280. The van der Waals surface area contributed by atoms with E-state index in [0.717, 1.165) is 37.2 Å². The van der Waals surface area contributed by atoms with E-state index >= 15 is 0 Å². The van der Waals surface area contributed by atoms with Crippen LogP contribution >= 0.6 is 11.3 Å². The lowest BCUT2D eigenvalue weighted by molar-refractivity contribution is -0.141. The van der Waals surface area contributed by atoms with E-state index in [2.05, 4.69) is 20.7 Å². The minimum Gasteiger partial charge on any atom is -0.497 e. The number of nitrogens with one attached hydrogen (secondary N) is 4. The van der Waals surface area contributed by atoms with Crippen LogP contribution in [0.2, 0.25) is 0 Å². The van der Waals surface area contributed by atoms with Crippen LogP contribution in [0.3, 0.4) is 0 Å². The number of nitrogens with zero attached hydrogens (tertiary/aromatic N) is 3. The topological polar surface area (TPSA) is 207 Å². The smallest absolute Gasteiger partial charge is 0.408 e. The van der Waals surface area contributed by atoms with Crippen LogP contribution in [0.25, 0.3) is 22.3 Å². The SMILES string of the molecule is COc1ccc2c(O[C@@H]3C[C@H]4C(=O)N[C@]5(C(=O)NS(=O)(=O)C6CC6)CC5/C=C\CCCCC[C@@H](NC(=O)OC5CCC5)C(=O)N4C3)cc(-c3csc(NC(C)C)n3)nc2c1. The highest BCUT2D eigenvalue weighted by Crippen LogP contribution is 2.46. The highest BCUT2D eigenvalue weighted by molar-refractivity contribution is 7.91. The fraction of sp³-hybridized carbons (Fsp3) is 0.571. The summed E-state index contributed by atoms with van der Waals surface area (Å²) in [5.74, 6) is -1.26. The first-order valence-corrected chi connectivity index (χ1v) is 23.4. The number of sulfonamides is 1. The average Bonchev–Trinajstić information content (AvgIpc) is 4.08. The Balaban J connectivity index is 1.11. The number of carbonyl (C=O) groups is 4. The molecule has 4 fully saturated rings. The van der Waals surface area contributed by atoms with Crippen molar-refractivity contribution < 1.29 is 41.8 Å². The van der Waals surface area contributed by atoms with Crippen molar-refractivity contribution in [3.63, 3.8) is 0 Å². The Morgan fingerprint density at radius 2 is 1.82 bits per heavy atom. The number of hydrogen-bond acceptors (Lipinski definition) is 13. The molecule has 16 nitrogen and oxygen atoms in total. The molecule has 4 amide bonds. The summed E-state index contributed by atoms with van der Waals surface area (Å²) >= 11 is 1.46. The van der Waals surface area contributed by atoms with Gasteiger partial charge in [-0.25, -0.2) is 23.2 Å². The second kappa shape index (κ2) is 17.2. The fourth-order valence-corrected chi connectivity index (χ4v) is 10.3. The van der Waals surface area contributed by atoms with Gasteiger partial charge in [0.2, 0.25) is 21.8 Å². The third-order valence-electron chi connectivity index (χ3n) is 11.9. The molecule has 2 aromatic heterocycles. The van der Waals surface area contributed by atoms with Crippen molar-refractivity contribution in [1.29, 1.82) is 0 Å². The summed E-state index contributed by atoms with van der Waals surface area (Å²) in [5, 5.41) is 11.7. The van der Waals surface area contributed by atoms with Crippen molar-refractivity contribution >= 4 is 61.2 Å². The number of benzene rings is 1.